The number of azide groups is 1. The lowest BCUT2D eigenvalue weighted by atomic mass is 10.0. The molecule has 0 saturated heterocycles. The Balaban J connectivity index is 4.63. The highest BCUT2D eigenvalue weighted by Crippen LogP contribution is 2.13. The number of nitrogens with zero attached hydrogens (tertiary/aromatic N) is 3. The van der Waals surface area contributed by atoms with Crippen LogP contribution in [0.1, 0.15) is 13.3 Å². The molecule has 5 nitrogen and oxygen atoms in total. The van der Waals surface area contributed by atoms with E-state index in [1.807, 2.05) is 0 Å². The highest BCUT2D eigenvalue weighted by atomic mass is 19.1. The van der Waals surface area contributed by atoms with Crippen molar-refractivity contribution in [3.05, 3.63) is 34.2 Å². The molecule has 0 rings (SSSR count). The predicted octanol–water partition coefficient (Wildman–Crippen LogP) is 1.88. The van der Waals surface area contributed by atoms with Crippen LogP contribution in [0.4, 0.5) is 4.39 Å². The van der Waals surface area contributed by atoms with Gasteiger partial charge in [-0.05, 0) is 24.4 Å². The van der Waals surface area contributed by atoms with Crippen molar-refractivity contribution in [1.82, 2.24) is 0 Å². The van der Waals surface area contributed by atoms with Crippen LogP contribution < -0.4 is 0 Å². The van der Waals surface area contributed by atoms with E-state index in [-0.39, 0.29) is 6.61 Å². The number of halogens is 1. The van der Waals surface area contributed by atoms with Gasteiger partial charge in [-0.3, -0.25) is 4.39 Å². The summed E-state index contributed by atoms with van der Waals surface area (Å²) in [7, 11) is 0. The van der Waals surface area contributed by atoms with Crippen LogP contribution in [-0.2, 0) is 0 Å². The highest BCUT2D eigenvalue weighted by molar-refractivity contribution is 5.24. The van der Waals surface area contributed by atoms with E-state index in [0.29, 0.717) is 12.0 Å². The van der Waals surface area contributed by atoms with Gasteiger partial charge in [0.1, 0.15) is 6.67 Å². The Labute approximate surface area is 93.5 Å². The molecule has 2 atom stereocenters. The fourth-order valence-corrected chi connectivity index (χ4v) is 1.13. The Morgan fingerprint density at radius 2 is 2.31 bits per heavy atom. The van der Waals surface area contributed by atoms with E-state index in [1.54, 1.807) is 25.2 Å². The third-order valence-electron chi connectivity index (χ3n) is 2.00. The van der Waals surface area contributed by atoms with Crippen molar-refractivity contribution in [1.29, 1.82) is 0 Å². The quantitative estimate of drug-likeness (QED) is 0.302. The zero-order chi connectivity index (χ0) is 12.4. The molecule has 0 aromatic carbocycles. The maximum absolute atomic E-state index is 12.5. The summed E-state index contributed by atoms with van der Waals surface area (Å²) in [4.78, 5) is 2.47. The summed E-state index contributed by atoms with van der Waals surface area (Å²) in [6, 6.07) is -1.12. The Bertz CT molecular complexity index is 298. The van der Waals surface area contributed by atoms with E-state index in [2.05, 4.69) is 10.0 Å². The molecule has 0 aliphatic carbocycles. The van der Waals surface area contributed by atoms with E-state index >= 15 is 0 Å². The zero-order valence-electron chi connectivity index (χ0n) is 9.12. The summed E-state index contributed by atoms with van der Waals surface area (Å²) in [6.45, 7) is 0.774. The van der Waals surface area contributed by atoms with Gasteiger partial charge in [0.15, 0.2) is 0 Å². The maximum Gasteiger partial charge on any atom is 0.101 e. The average molecular weight is 229 g/mol. The first kappa shape index (κ1) is 14.6. The number of aliphatic hydroxyl groups is 2. The summed E-state index contributed by atoms with van der Waals surface area (Å²) < 4.78 is 12.5. The van der Waals surface area contributed by atoms with Crippen LogP contribution >= 0.6 is 0 Å². The number of rotatable bonds is 7. The van der Waals surface area contributed by atoms with Gasteiger partial charge < -0.3 is 10.2 Å². The molecule has 0 aliphatic heterocycles. The maximum atomic E-state index is 12.5. The molecule has 0 unspecified atom stereocenters. The topological polar surface area (TPSA) is 89.2 Å². The van der Waals surface area contributed by atoms with Gasteiger partial charge in [-0.1, -0.05) is 23.3 Å². The van der Waals surface area contributed by atoms with Gasteiger partial charge in [-0.2, -0.15) is 0 Å². The number of alkyl halides is 1. The van der Waals surface area contributed by atoms with Crippen molar-refractivity contribution < 1.29 is 14.6 Å². The first-order chi connectivity index (χ1) is 7.71. The van der Waals surface area contributed by atoms with E-state index in [4.69, 9.17) is 10.6 Å². The Kier molecular flexibility index (Phi) is 8.15. The molecule has 16 heavy (non-hydrogen) atoms. The number of hydrogen-bond donors (Lipinski definition) is 2. The van der Waals surface area contributed by atoms with Crippen molar-refractivity contribution in [2.24, 2.45) is 5.11 Å². The molecule has 0 spiro atoms. The summed E-state index contributed by atoms with van der Waals surface area (Å²) in [5.74, 6) is 0. The van der Waals surface area contributed by atoms with Crippen molar-refractivity contribution in [2.75, 3.05) is 13.3 Å². The van der Waals surface area contributed by atoms with Crippen LogP contribution in [0.2, 0.25) is 0 Å². The third-order valence-corrected chi connectivity index (χ3v) is 2.00. The van der Waals surface area contributed by atoms with Crippen LogP contribution in [0.25, 0.3) is 10.4 Å². The monoisotopic (exact) mass is 229 g/mol. The second-order valence-electron chi connectivity index (χ2n) is 3.07. The summed E-state index contributed by atoms with van der Waals surface area (Å²) >= 11 is 0. The van der Waals surface area contributed by atoms with Crippen molar-refractivity contribution in [3.8, 4) is 0 Å². The Morgan fingerprint density at radius 1 is 1.62 bits per heavy atom. The highest BCUT2D eigenvalue weighted by Gasteiger charge is 2.19. The number of aliphatic hydroxyl groups excluding tert-OH is 2. The van der Waals surface area contributed by atoms with Gasteiger partial charge in [0.2, 0.25) is 0 Å². The predicted molar refractivity (Wildman–Crippen MR) is 59.5 cm³/mol. The molecule has 0 bridgehead atoms. The smallest absolute Gasteiger partial charge is 0.101 e. The lowest BCUT2D eigenvalue weighted by Gasteiger charge is -2.16. The molecular weight excluding hydrogens is 213 g/mol. The molecule has 0 aromatic rings. The second kappa shape index (κ2) is 8.91. The minimum absolute atomic E-state index is 0.00643. The molecule has 0 amide bonds. The SMILES string of the molecule is C/C=C(\C=C/CCO)[C@@H](O)[C@@H](CF)N=[N+]=[N-]. The molecule has 2 N–H and O–H groups in total. The van der Waals surface area contributed by atoms with Crippen LogP contribution in [0.3, 0.4) is 0 Å². The summed E-state index contributed by atoms with van der Waals surface area (Å²) in [5, 5.41) is 21.5. The van der Waals surface area contributed by atoms with Gasteiger partial charge in [-0.25, -0.2) is 0 Å². The molecular formula is C10H16FN3O2. The standard InChI is InChI=1S/C10H16FN3O2/c1-2-8(5-3-4-6-15)10(16)9(7-11)13-14-12/h2-3,5,9-10,15-16H,4,6-7H2,1H3/b5-3-,8-2+/t9-,10-/m1/s1. The molecule has 0 heterocycles. The summed E-state index contributed by atoms with van der Waals surface area (Å²) in [6.07, 6.45) is 4.13. The van der Waals surface area contributed by atoms with Crippen molar-refractivity contribution in [2.45, 2.75) is 25.5 Å². The van der Waals surface area contributed by atoms with E-state index < -0.39 is 18.8 Å². The first-order valence-electron chi connectivity index (χ1n) is 4.93. The third kappa shape index (κ3) is 4.93. The minimum Gasteiger partial charge on any atom is -0.396 e. The fraction of sp³-hybridized carbons (Fsp3) is 0.600. The minimum atomic E-state index is -1.17. The largest absolute Gasteiger partial charge is 0.396 e. The normalized spacial score (nSPS) is 15.9. The number of allylic oxidation sites excluding steroid dienone is 1. The van der Waals surface area contributed by atoms with Gasteiger partial charge in [0.25, 0.3) is 0 Å². The molecule has 90 valence electrons. The second-order valence-corrected chi connectivity index (χ2v) is 3.07. The first-order valence-corrected chi connectivity index (χ1v) is 4.93. The zero-order valence-corrected chi connectivity index (χ0v) is 9.12. The van der Waals surface area contributed by atoms with Crippen molar-refractivity contribution in [3.63, 3.8) is 0 Å². The van der Waals surface area contributed by atoms with Gasteiger partial charge in [-0.15, -0.1) is 0 Å². The van der Waals surface area contributed by atoms with E-state index in [9.17, 15) is 9.50 Å². The molecule has 0 radical (unpaired) electrons. The number of hydrogen-bond acceptors (Lipinski definition) is 3. The fourth-order valence-electron chi connectivity index (χ4n) is 1.13. The molecule has 0 saturated carbocycles. The molecule has 0 aromatic heterocycles. The van der Waals surface area contributed by atoms with Gasteiger partial charge >= 0.3 is 0 Å². The lowest BCUT2D eigenvalue weighted by Crippen LogP contribution is -2.27. The lowest BCUT2D eigenvalue weighted by molar-refractivity contribution is 0.166. The van der Waals surface area contributed by atoms with Crippen LogP contribution in [0.15, 0.2) is 28.9 Å². The van der Waals surface area contributed by atoms with E-state index in [1.165, 1.54) is 0 Å². The van der Waals surface area contributed by atoms with Crippen molar-refractivity contribution >= 4 is 0 Å². The average Bonchev–Trinajstić information content (AvgIpc) is 2.31. The van der Waals surface area contributed by atoms with Gasteiger partial charge in [0.05, 0.1) is 12.1 Å². The molecule has 0 aliphatic rings. The van der Waals surface area contributed by atoms with Gasteiger partial charge in [0, 0.05) is 11.5 Å². The Morgan fingerprint density at radius 3 is 2.75 bits per heavy atom. The summed E-state index contributed by atoms with van der Waals surface area (Å²) in [5.41, 5.74) is 8.66. The van der Waals surface area contributed by atoms with E-state index in [0.717, 1.165) is 0 Å². The van der Waals surface area contributed by atoms with Crippen LogP contribution in [0, 0.1) is 0 Å². The molecule has 0 fully saturated rings. The Hall–Kier alpha value is -1.36. The molecule has 6 heteroatoms. The van der Waals surface area contributed by atoms with Crippen LogP contribution in [-0.4, -0.2) is 35.6 Å². The van der Waals surface area contributed by atoms with Crippen LogP contribution in [0.5, 0.6) is 0 Å².